The van der Waals surface area contributed by atoms with E-state index in [9.17, 15) is 9.59 Å². The van der Waals surface area contributed by atoms with Crippen LogP contribution >= 0.6 is 34.5 Å². The van der Waals surface area contributed by atoms with Crippen molar-refractivity contribution in [2.75, 3.05) is 10.6 Å². The number of benzene rings is 2. The van der Waals surface area contributed by atoms with Crippen LogP contribution in [-0.4, -0.2) is 11.8 Å². The Morgan fingerprint density at radius 2 is 1.46 bits per heavy atom. The highest BCUT2D eigenvalue weighted by atomic mass is 35.5. The van der Waals surface area contributed by atoms with Crippen molar-refractivity contribution in [2.24, 2.45) is 0 Å². The van der Waals surface area contributed by atoms with Gasteiger partial charge in [0.1, 0.15) is 0 Å². The van der Waals surface area contributed by atoms with Crippen LogP contribution in [0, 0.1) is 0 Å². The van der Waals surface area contributed by atoms with Gasteiger partial charge in [-0.3, -0.25) is 9.59 Å². The van der Waals surface area contributed by atoms with Crippen LogP contribution in [0.3, 0.4) is 0 Å². The van der Waals surface area contributed by atoms with Gasteiger partial charge in [-0.05, 0) is 53.4 Å². The van der Waals surface area contributed by atoms with Crippen molar-refractivity contribution >= 4 is 57.7 Å². The first-order chi connectivity index (χ1) is 12.5. The molecule has 1 aromatic heterocycles. The molecule has 4 nitrogen and oxygen atoms in total. The third kappa shape index (κ3) is 4.64. The van der Waals surface area contributed by atoms with Crippen LogP contribution in [0.2, 0.25) is 10.0 Å². The van der Waals surface area contributed by atoms with E-state index in [4.69, 9.17) is 23.2 Å². The molecule has 0 spiro atoms. The average Bonchev–Trinajstić information content (AvgIpc) is 3.15. The van der Waals surface area contributed by atoms with Crippen LogP contribution in [0.25, 0.3) is 0 Å². The van der Waals surface area contributed by atoms with Crippen LogP contribution < -0.4 is 10.6 Å². The van der Waals surface area contributed by atoms with Crippen LogP contribution in [0.4, 0.5) is 11.4 Å². The Morgan fingerprint density at radius 1 is 0.846 bits per heavy atom. The number of anilines is 2. The molecule has 3 aromatic rings. The van der Waals surface area contributed by atoms with Gasteiger partial charge in [0.15, 0.2) is 0 Å². The molecule has 0 fully saturated rings. The van der Waals surface area contributed by atoms with E-state index in [0.717, 1.165) is 0 Å². The van der Waals surface area contributed by atoms with Crippen LogP contribution in [-0.2, 0) is 11.2 Å². The summed E-state index contributed by atoms with van der Waals surface area (Å²) in [5, 5.41) is 8.35. The van der Waals surface area contributed by atoms with E-state index in [1.165, 1.54) is 11.3 Å². The first kappa shape index (κ1) is 18.5. The fraction of sp³-hybridized carbons (Fsp3) is 0.0526. The number of carbonyl (C=O) groups excluding carboxylic acids is 2. The lowest BCUT2D eigenvalue weighted by atomic mass is 10.1. The second-order valence-electron chi connectivity index (χ2n) is 5.43. The zero-order valence-electron chi connectivity index (χ0n) is 13.5. The first-order valence-electron chi connectivity index (χ1n) is 7.70. The predicted octanol–water partition coefficient (Wildman–Crippen LogP) is 5.49. The molecule has 26 heavy (non-hydrogen) atoms. The van der Waals surface area contributed by atoms with E-state index in [1.54, 1.807) is 48.5 Å². The van der Waals surface area contributed by atoms with Crippen molar-refractivity contribution in [3.63, 3.8) is 0 Å². The van der Waals surface area contributed by atoms with Gasteiger partial charge in [-0.2, -0.15) is 0 Å². The number of thiophene rings is 1. The molecule has 2 aromatic carbocycles. The number of nitrogens with one attached hydrogen (secondary N) is 2. The van der Waals surface area contributed by atoms with Crippen molar-refractivity contribution in [2.45, 2.75) is 6.42 Å². The lowest BCUT2D eigenvalue weighted by molar-refractivity contribution is -0.115. The van der Waals surface area contributed by atoms with Crippen molar-refractivity contribution in [1.82, 2.24) is 0 Å². The van der Waals surface area contributed by atoms with Crippen molar-refractivity contribution in [3.05, 3.63) is 80.5 Å². The average molecular weight is 405 g/mol. The third-order valence-corrected chi connectivity index (χ3v) is 5.15. The maximum atomic E-state index is 12.2. The van der Waals surface area contributed by atoms with E-state index in [-0.39, 0.29) is 18.2 Å². The normalized spacial score (nSPS) is 10.4. The van der Waals surface area contributed by atoms with E-state index in [0.29, 0.717) is 31.9 Å². The Morgan fingerprint density at radius 3 is 2.04 bits per heavy atom. The molecule has 2 amide bonds. The molecule has 0 saturated heterocycles. The molecular weight excluding hydrogens is 391 g/mol. The minimum atomic E-state index is -0.227. The number of amides is 2. The van der Waals surface area contributed by atoms with Gasteiger partial charge in [-0.1, -0.05) is 35.3 Å². The monoisotopic (exact) mass is 404 g/mol. The zero-order valence-corrected chi connectivity index (χ0v) is 15.8. The molecular formula is C19H14Cl2N2O2S. The number of hydrogen-bond donors (Lipinski definition) is 2. The summed E-state index contributed by atoms with van der Waals surface area (Å²) in [6.45, 7) is 0. The highest BCUT2D eigenvalue weighted by molar-refractivity contribution is 7.12. The lowest BCUT2D eigenvalue weighted by Crippen LogP contribution is -2.15. The summed E-state index contributed by atoms with van der Waals surface area (Å²) in [7, 11) is 0. The second-order valence-corrected chi connectivity index (χ2v) is 7.20. The van der Waals surface area contributed by atoms with Crippen molar-refractivity contribution in [3.8, 4) is 0 Å². The van der Waals surface area contributed by atoms with Gasteiger partial charge in [-0.15, -0.1) is 11.3 Å². The molecule has 132 valence electrons. The molecule has 0 bridgehead atoms. The Labute approximate surface area is 164 Å². The van der Waals surface area contributed by atoms with Crippen LogP contribution in [0.5, 0.6) is 0 Å². The summed E-state index contributed by atoms with van der Waals surface area (Å²) in [5.74, 6) is -0.388. The summed E-state index contributed by atoms with van der Waals surface area (Å²) < 4.78 is 0. The Balaban J connectivity index is 1.60. The number of halogens is 2. The first-order valence-corrected chi connectivity index (χ1v) is 9.34. The van der Waals surface area contributed by atoms with E-state index in [1.807, 2.05) is 11.4 Å². The molecule has 0 atom stereocenters. The van der Waals surface area contributed by atoms with Gasteiger partial charge >= 0.3 is 0 Å². The smallest absolute Gasteiger partial charge is 0.265 e. The quantitative estimate of drug-likeness (QED) is 0.590. The molecule has 0 aliphatic heterocycles. The Kier molecular flexibility index (Phi) is 5.93. The third-order valence-electron chi connectivity index (χ3n) is 3.57. The second kappa shape index (κ2) is 8.36. The highest BCUT2D eigenvalue weighted by Gasteiger charge is 2.11. The summed E-state index contributed by atoms with van der Waals surface area (Å²) in [6, 6.07) is 15.6. The maximum absolute atomic E-state index is 12.2. The Bertz CT molecular complexity index is 905. The minimum Gasteiger partial charge on any atom is -0.326 e. The van der Waals surface area contributed by atoms with E-state index in [2.05, 4.69) is 10.6 Å². The van der Waals surface area contributed by atoms with Gasteiger partial charge in [0, 0.05) is 21.4 Å². The van der Waals surface area contributed by atoms with E-state index >= 15 is 0 Å². The maximum Gasteiger partial charge on any atom is 0.265 e. The Hall–Kier alpha value is -2.34. The summed E-state index contributed by atoms with van der Waals surface area (Å²) in [6.07, 6.45) is 0.0787. The fourth-order valence-electron chi connectivity index (χ4n) is 2.30. The molecule has 1 heterocycles. The fourth-order valence-corrected chi connectivity index (χ4v) is 3.45. The molecule has 2 N–H and O–H groups in total. The predicted molar refractivity (Wildman–Crippen MR) is 108 cm³/mol. The SMILES string of the molecule is O=C(Cc1c(Cl)cccc1Cl)Nc1ccc(NC(=O)c2cccs2)cc1. The zero-order chi connectivity index (χ0) is 18.5. The highest BCUT2D eigenvalue weighted by Crippen LogP contribution is 2.25. The molecule has 0 saturated carbocycles. The van der Waals surface area contributed by atoms with Crippen LogP contribution in [0.1, 0.15) is 15.2 Å². The standard InChI is InChI=1S/C19H14Cl2N2O2S/c20-15-3-1-4-16(21)14(15)11-18(24)22-12-6-8-13(9-7-12)23-19(25)17-5-2-10-26-17/h1-10H,11H2,(H,22,24)(H,23,25). The van der Waals surface area contributed by atoms with Crippen molar-refractivity contribution in [1.29, 1.82) is 0 Å². The molecule has 7 heteroatoms. The largest absolute Gasteiger partial charge is 0.326 e. The molecule has 0 aliphatic carbocycles. The van der Waals surface area contributed by atoms with Gasteiger partial charge in [0.25, 0.3) is 5.91 Å². The number of hydrogen-bond acceptors (Lipinski definition) is 3. The molecule has 0 unspecified atom stereocenters. The number of rotatable bonds is 5. The summed E-state index contributed by atoms with van der Waals surface area (Å²) in [5.41, 5.74) is 1.86. The van der Waals surface area contributed by atoms with E-state index < -0.39 is 0 Å². The van der Waals surface area contributed by atoms with Gasteiger partial charge in [0.05, 0.1) is 11.3 Å². The van der Waals surface area contributed by atoms with Crippen molar-refractivity contribution < 1.29 is 9.59 Å². The molecule has 0 radical (unpaired) electrons. The topological polar surface area (TPSA) is 58.2 Å². The summed E-state index contributed by atoms with van der Waals surface area (Å²) >= 11 is 13.5. The van der Waals surface area contributed by atoms with Gasteiger partial charge < -0.3 is 10.6 Å². The number of carbonyl (C=O) groups is 2. The summed E-state index contributed by atoms with van der Waals surface area (Å²) in [4.78, 5) is 24.9. The minimum absolute atomic E-state index is 0.0787. The molecule has 0 aliphatic rings. The lowest BCUT2D eigenvalue weighted by Gasteiger charge is -2.09. The van der Waals surface area contributed by atoms with Crippen LogP contribution in [0.15, 0.2) is 60.0 Å². The molecule has 3 rings (SSSR count). The van der Waals surface area contributed by atoms with Gasteiger partial charge in [-0.25, -0.2) is 0 Å². The van der Waals surface area contributed by atoms with Gasteiger partial charge in [0.2, 0.25) is 5.91 Å².